The average molecular weight is 567 g/mol. The molecule has 1 aliphatic rings. The molecule has 0 bridgehead atoms. The maximum absolute atomic E-state index is 12.2. The fourth-order valence-electron chi connectivity index (χ4n) is 4.64. The lowest BCUT2D eigenvalue weighted by atomic mass is 10.2. The van der Waals surface area contributed by atoms with E-state index in [1.54, 1.807) is 0 Å². The number of hydrogen-bond donors (Lipinski definition) is 2. The summed E-state index contributed by atoms with van der Waals surface area (Å²) in [6.45, 7) is 10.5. The van der Waals surface area contributed by atoms with Crippen molar-refractivity contribution < 1.29 is 23.9 Å². The summed E-state index contributed by atoms with van der Waals surface area (Å²) in [6.07, 6.45) is 4.93. The number of carbonyl (C=O) groups is 3. The van der Waals surface area contributed by atoms with Gasteiger partial charge in [-0.25, -0.2) is 9.97 Å². The SMILES string of the molecule is CC.CCOCc1nc2c(N)nc3ccccc3c2n1CC(C)OCCNC(=O)CCCCCN1C(=O)C=CC1=O. The number of nitrogens with zero attached hydrogens (tertiary/aromatic N) is 4. The van der Waals surface area contributed by atoms with Crippen molar-refractivity contribution in [2.45, 2.75) is 72.6 Å². The van der Waals surface area contributed by atoms with Crippen molar-refractivity contribution >= 4 is 45.5 Å². The number of unbranched alkanes of at least 4 members (excludes halogenated alkanes) is 2. The highest BCUT2D eigenvalue weighted by molar-refractivity contribution is 6.12. The normalized spacial score (nSPS) is 13.6. The number of imide groups is 1. The Kier molecular flexibility index (Phi) is 12.2. The smallest absolute Gasteiger partial charge is 0.253 e. The first-order chi connectivity index (χ1) is 19.9. The molecule has 3 aromatic rings. The van der Waals surface area contributed by atoms with Crippen LogP contribution >= 0.6 is 0 Å². The number of imidazole rings is 1. The van der Waals surface area contributed by atoms with Gasteiger partial charge in [-0.15, -0.1) is 0 Å². The van der Waals surface area contributed by atoms with E-state index >= 15 is 0 Å². The molecular weight excluding hydrogens is 524 g/mol. The molecule has 3 heterocycles. The lowest BCUT2D eigenvalue weighted by Crippen LogP contribution is -2.31. The molecule has 0 saturated carbocycles. The van der Waals surface area contributed by atoms with Crippen molar-refractivity contribution in [2.24, 2.45) is 0 Å². The van der Waals surface area contributed by atoms with E-state index in [1.807, 2.05) is 52.0 Å². The minimum atomic E-state index is -0.270. The molecule has 11 heteroatoms. The Hall–Kier alpha value is -3.83. The monoisotopic (exact) mass is 566 g/mol. The molecule has 11 nitrogen and oxygen atoms in total. The summed E-state index contributed by atoms with van der Waals surface area (Å²) in [6, 6.07) is 7.84. The third-order valence-corrected chi connectivity index (χ3v) is 6.58. The summed E-state index contributed by atoms with van der Waals surface area (Å²) in [5, 5.41) is 3.85. The fourth-order valence-corrected chi connectivity index (χ4v) is 4.64. The minimum Gasteiger partial charge on any atom is -0.382 e. The van der Waals surface area contributed by atoms with E-state index in [0.29, 0.717) is 70.1 Å². The Balaban J connectivity index is 0.00000226. The Morgan fingerprint density at radius 2 is 1.80 bits per heavy atom. The number of benzene rings is 1. The largest absolute Gasteiger partial charge is 0.382 e. The number of hydrogen-bond acceptors (Lipinski definition) is 8. The first kappa shape index (κ1) is 31.7. The summed E-state index contributed by atoms with van der Waals surface area (Å²) in [4.78, 5) is 45.7. The highest BCUT2D eigenvalue weighted by Gasteiger charge is 2.22. The predicted molar refractivity (Wildman–Crippen MR) is 159 cm³/mol. The second kappa shape index (κ2) is 15.8. The molecule has 0 radical (unpaired) electrons. The van der Waals surface area contributed by atoms with Gasteiger partial charge in [0, 0.05) is 43.7 Å². The topological polar surface area (TPSA) is 142 Å². The molecule has 0 aliphatic carbocycles. The number of ether oxygens (including phenoxy) is 2. The van der Waals surface area contributed by atoms with Crippen LogP contribution in [0.25, 0.3) is 21.9 Å². The van der Waals surface area contributed by atoms with E-state index in [1.165, 1.54) is 17.1 Å². The van der Waals surface area contributed by atoms with Crippen LogP contribution in [0.3, 0.4) is 0 Å². The minimum absolute atomic E-state index is 0.0460. The number of rotatable bonds is 15. The number of nitrogens with two attached hydrogens (primary N) is 1. The van der Waals surface area contributed by atoms with Crippen LogP contribution in [0.5, 0.6) is 0 Å². The van der Waals surface area contributed by atoms with Gasteiger partial charge in [-0.2, -0.15) is 0 Å². The van der Waals surface area contributed by atoms with E-state index in [0.717, 1.165) is 28.7 Å². The van der Waals surface area contributed by atoms with Gasteiger partial charge in [-0.05, 0) is 32.8 Å². The zero-order valence-corrected chi connectivity index (χ0v) is 24.5. The third kappa shape index (κ3) is 8.34. The van der Waals surface area contributed by atoms with Crippen molar-refractivity contribution in [3.8, 4) is 0 Å². The van der Waals surface area contributed by atoms with Crippen LogP contribution in [0.15, 0.2) is 36.4 Å². The lowest BCUT2D eigenvalue weighted by Gasteiger charge is -2.17. The Morgan fingerprint density at radius 3 is 2.54 bits per heavy atom. The standard InChI is InChI=1S/C28H36N6O5.C2H6/c1-3-38-18-22-32-26-27(20-9-6-7-10-21(20)31-28(26)29)34(22)17-19(2)39-16-14-30-23(35)11-5-4-8-15-33-24(36)12-13-25(33)37;1-2/h6-7,9-10,12-13,19H,3-5,8,11,14-18H2,1-2H3,(H2,29,31)(H,30,35);1-2H3. The molecule has 1 atom stereocenters. The van der Waals surface area contributed by atoms with Gasteiger partial charge < -0.3 is 25.1 Å². The second-order valence-corrected chi connectivity index (χ2v) is 9.49. The van der Waals surface area contributed by atoms with Crippen molar-refractivity contribution in [3.63, 3.8) is 0 Å². The Bertz CT molecular complexity index is 1350. The molecule has 0 spiro atoms. The molecule has 3 amide bonds. The van der Waals surface area contributed by atoms with Gasteiger partial charge in [0.25, 0.3) is 11.8 Å². The van der Waals surface area contributed by atoms with Crippen molar-refractivity contribution in [3.05, 3.63) is 42.2 Å². The molecule has 0 fully saturated rings. The molecule has 4 rings (SSSR count). The molecule has 0 saturated heterocycles. The number of para-hydroxylation sites is 1. The predicted octanol–water partition coefficient (Wildman–Crippen LogP) is 3.74. The van der Waals surface area contributed by atoms with Crippen LogP contribution in [0.2, 0.25) is 0 Å². The summed E-state index contributed by atoms with van der Waals surface area (Å²) in [7, 11) is 0. The van der Waals surface area contributed by atoms with E-state index in [4.69, 9.17) is 20.2 Å². The number of amides is 3. The zero-order valence-electron chi connectivity index (χ0n) is 24.5. The van der Waals surface area contributed by atoms with Gasteiger partial charge in [0.15, 0.2) is 5.82 Å². The molecule has 1 unspecified atom stereocenters. The highest BCUT2D eigenvalue weighted by Crippen LogP contribution is 2.29. The Morgan fingerprint density at radius 1 is 1.07 bits per heavy atom. The van der Waals surface area contributed by atoms with Crippen LogP contribution in [0.4, 0.5) is 5.82 Å². The molecule has 2 aromatic heterocycles. The summed E-state index contributed by atoms with van der Waals surface area (Å²) < 4.78 is 13.8. The van der Waals surface area contributed by atoms with E-state index in [-0.39, 0.29) is 23.8 Å². The fraction of sp³-hybridized carbons (Fsp3) is 0.500. The first-order valence-electron chi connectivity index (χ1n) is 14.4. The molecule has 1 aliphatic heterocycles. The van der Waals surface area contributed by atoms with Gasteiger partial charge in [0.2, 0.25) is 5.91 Å². The maximum Gasteiger partial charge on any atom is 0.253 e. The van der Waals surface area contributed by atoms with Crippen molar-refractivity contribution in [2.75, 3.05) is 32.0 Å². The number of anilines is 1. The lowest BCUT2D eigenvalue weighted by molar-refractivity contribution is -0.137. The Labute approximate surface area is 241 Å². The highest BCUT2D eigenvalue weighted by atomic mass is 16.5. The molecule has 1 aromatic carbocycles. The number of nitrogen functional groups attached to an aromatic ring is 1. The van der Waals surface area contributed by atoms with E-state index in [9.17, 15) is 14.4 Å². The summed E-state index contributed by atoms with van der Waals surface area (Å²) in [5.41, 5.74) is 8.61. The van der Waals surface area contributed by atoms with E-state index in [2.05, 4.69) is 14.9 Å². The number of nitrogens with one attached hydrogen (secondary N) is 1. The second-order valence-electron chi connectivity index (χ2n) is 9.49. The molecule has 3 N–H and O–H groups in total. The first-order valence-corrected chi connectivity index (χ1v) is 14.4. The number of aromatic nitrogens is 3. The van der Waals surface area contributed by atoms with Gasteiger partial charge in [0.1, 0.15) is 17.9 Å². The van der Waals surface area contributed by atoms with Gasteiger partial charge in [-0.3, -0.25) is 19.3 Å². The third-order valence-electron chi connectivity index (χ3n) is 6.58. The van der Waals surface area contributed by atoms with Crippen LogP contribution in [0.1, 0.15) is 59.2 Å². The van der Waals surface area contributed by atoms with Crippen molar-refractivity contribution in [1.82, 2.24) is 24.8 Å². The molecule has 41 heavy (non-hydrogen) atoms. The molecule has 222 valence electrons. The number of fused-ring (bicyclic) bond motifs is 3. The maximum atomic E-state index is 12.2. The van der Waals surface area contributed by atoms with E-state index < -0.39 is 0 Å². The molecular formula is C30H42N6O5. The quantitative estimate of drug-likeness (QED) is 0.209. The van der Waals surface area contributed by atoms with Gasteiger partial charge in [-0.1, -0.05) is 38.5 Å². The number of carbonyl (C=O) groups excluding carboxylic acids is 3. The summed E-state index contributed by atoms with van der Waals surface area (Å²) >= 11 is 0. The van der Waals surface area contributed by atoms with Crippen LogP contribution in [-0.4, -0.2) is 69.6 Å². The summed E-state index contributed by atoms with van der Waals surface area (Å²) in [5.74, 6) is 0.554. The van der Waals surface area contributed by atoms with Crippen LogP contribution < -0.4 is 11.1 Å². The van der Waals surface area contributed by atoms with Gasteiger partial charge >= 0.3 is 0 Å². The number of pyridine rings is 1. The van der Waals surface area contributed by atoms with Crippen LogP contribution in [0, 0.1) is 0 Å². The van der Waals surface area contributed by atoms with Gasteiger partial charge in [0.05, 0.1) is 30.3 Å². The zero-order chi connectivity index (χ0) is 29.8. The average Bonchev–Trinajstić information content (AvgIpc) is 3.50. The van der Waals surface area contributed by atoms with Crippen molar-refractivity contribution in [1.29, 1.82) is 0 Å². The van der Waals surface area contributed by atoms with Crippen LogP contribution in [-0.2, 0) is 37.0 Å².